The molecule has 1 aliphatic carbocycles. The van der Waals surface area contributed by atoms with E-state index in [4.69, 9.17) is 4.74 Å². The predicted octanol–water partition coefficient (Wildman–Crippen LogP) is 4.49. The van der Waals surface area contributed by atoms with E-state index in [1.165, 1.54) is 36.8 Å². The van der Waals surface area contributed by atoms with Gasteiger partial charge >= 0.3 is 0 Å². The van der Waals surface area contributed by atoms with Gasteiger partial charge < -0.3 is 10.1 Å². The van der Waals surface area contributed by atoms with E-state index in [1.807, 2.05) is 0 Å². The first-order valence-corrected chi connectivity index (χ1v) is 8.60. The molecule has 0 saturated heterocycles. The molecule has 0 bridgehead atoms. The molecule has 3 unspecified atom stereocenters. The summed E-state index contributed by atoms with van der Waals surface area (Å²) >= 11 is 0. The van der Waals surface area contributed by atoms with E-state index in [0.717, 1.165) is 25.6 Å². The van der Waals surface area contributed by atoms with Crippen LogP contribution in [0.1, 0.15) is 63.5 Å². The molecule has 21 heavy (non-hydrogen) atoms. The summed E-state index contributed by atoms with van der Waals surface area (Å²) in [6.45, 7) is 9.62. The molecule has 0 heterocycles. The van der Waals surface area contributed by atoms with Crippen LogP contribution in [-0.4, -0.2) is 19.2 Å². The second-order valence-corrected chi connectivity index (χ2v) is 6.66. The molecule has 1 fully saturated rings. The quantitative estimate of drug-likeness (QED) is 0.798. The van der Waals surface area contributed by atoms with Gasteiger partial charge in [-0.05, 0) is 42.3 Å². The van der Waals surface area contributed by atoms with Crippen molar-refractivity contribution in [1.82, 2.24) is 5.32 Å². The molecular formula is C19H31NO. The van der Waals surface area contributed by atoms with E-state index in [1.54, 1.807) is 0 Å². The zero-order valence-corrected chi connectivity index (χ0v) is 13.9. The fraction of sp³-hybridized carbons (Fsp3) is 0.684. The Labute approximate surface area is 130 Å². The monoisotopic (exact) mass is 289 g/mol. The molecule has 0 amide bonds. The zero-order chi connectivity index (χ0) is 15.1. The number of hydrogen-bond acceptors (Lipinski definition) is 2. The van der Waals surface area contributed by atoms with Gasteiger partial charge in [0.2, 0.25) is 0 Å². The lowest BCUT2D eigenvalue weighted by Gasteiger charge is -2.26. The van der Waals surface area contributed by atoms with Crippen molar-refractivity contribution in [2.75, 3.05) is 13.1 Å². The predicted molar refractivity (Wildman–Crippen MR) is 89.6 cm³/mol. The van der Waals surface area contributed by atoms with Crippen LogP contribution in [0.4, 0.5) is 0 Å². The van der Waals surface area contributed by atoms with E-state index >= 15 is 0 Å². The topological polar surface area (TPSA) is 21.3 Å². The minimum atomic E-state index is 0.473. The Hall–Kier alpha value is -0.860. The summed E-state index contributed by atoms with van der Waals surface area (Å²) < 4.78 is 6.09. The number of rotatable bonds is 7. The molecule has 0 radical (unpaired) electrons. The minimum Gasteiger partial charge on any atom is -0.374 e. The Bertz CT molecular complexity index is 401. The van der Waals surface area contributed by atoms with Crippen molar-refractivity contribution in [3.05, 3.63) is 35.4 Å². The summed E-state index contributed by atoms with van der Waals surface area (Å²) in [4.78, 5) is 0. The summed E-state index contributed by atoms with van der Waals surface area (Å²) in [6.07, 6.45) is 5.64. The first-order valence-electron chi connectivity index (χ1n) is 8.60. The highest BCUT2D eigenvalue weighted by Gasteiger charge is 2.19. The van der Waals surface area contributed by atoms with Gasteiger partial charge in [-0.2, -0.15) is 0 Å². The van der Waals surface area contributed by atoms with Gasteiger partial charge in [0.05, 0.1) is 12.7 Å². The highest BCUT2D eigenvalue weighted by molar-refractivity contribution is 5.24. The van der Waals surface area contributed by atoms with Crippen LogP contribution in [0.5, 0.6) is 0 Å². The highest BCUT2D eigenvalue weighted by atomic mass is 16.5. The van der Waals surface area contributed by atoms with E-state index in [2.05, 4.69) is 50.4 Å². The third kappa shape index (κ3) is 5.44. The fourth-order valence-corrected chi connectivity index (χ4v) is 3.17. The first-order chi connectivity index (χ1) is 10.2. The Morgan fingerprint density at radius 1 is 1.24 bits per heavy atom. The maximum atomic E-state index is 6.09. The molecule has 1 aromatic rings. The molecule has 2 rings (SSSR count). The van der Waals surface area contributed by atoms with Crippen molar-refractivity contribution in [2.45, 2.75) is 65.1 Å². The number of likely N-dealkylation sites (N-methyl/N-ethyl adjacent to an activating group) is 1. The van der Waals surface area contributed by atoms with Crippen LogP contribution in [0.3, 0.4) is 0 Å². The van der Waals surface area contributed by atoms with Crippen molar-refractivity contribution >= 4 is 0 Å². The lowest BCUT2D eigenvalue weighted by Crippen LogP contribution is -2.21. The van der Waals surface area contributed by atoms with Crippen molar-refractivity contribution in [1.29, 1.82) is 0 Å². The summed E-state index contributed by atoms with van der Waals surface area (Å²) in [6, 6.07) is 8.96. The van der Waals surface area contributed by atoms with Gasteiger partial charge in [-0.15, -0.1) is 0 Å². The number of nitrogens with one attached hydrogen (secondary N) is 1. The molecular weight excluding hydrogens is 258 g/mol. The summed E-state index contributed by atoms with van der Waals surface area (Å²) in [7, 11) is 0. The average molecular weight is 289 g/mol. The fourth-order valence-electron chi connectivity index (χ4n) is 3.17. The van der Waals surface area contributed by atoms with Crippen LogP contribution in [-0.2, 0) is 11.3 Å². The first kappa shape index (κ1) is 16.5. The summed E-state index contributed by atoms with van der Waals surface area (Å²) in [5.41, 5.74) is 2.71. The minimum absolute atomic E-state index is 0.473. The standard InChI is InChI=1S/C19H31NO/c1-4-20-13-16(3)18-10-8-17(9-11-18)14-21-19-7-5-6-15(2)12-19/h8-11,15-16,19-20H,4-7,12-14H2,1-3H3. The van der Waals surface area contributed by atoms with E-state index in [-0.39, 0.29) is 0 Å². The van der Waals surface area contributed by atoms with Gasteiger partial charge in [-0.3, -0.25) is 0 Å². The average Bonchev–Trinajstić information content (AvgIpc) is 2.51. The van der Waals surface area contributed by atoms with Crippen LogP contribution >= 0.6 is 0 Å². The van der Waals surface area contributed by atoms with Gasteiger partial charge in [0.1, 0.15) is 0 Å². The highest BCUT2D eigenvalue weighted by Crippen LogP contribution is 2.26. The van der Waals surface area contributed by atoms with Crippen molar-refractivity contribution in [2.24, 2.45) is 5.92 Å². The summed E-state index contributed by atoms with van der Waals surface area (Å²) in [5, 5.41) is 3.41. The maximum Gasteiger partial charge on any atom is 0.0720 e. The largest absolute Gasteiger partial charge is 0.374 e. The van der Waals surface area contributed by atoms with Crippen LogP contribution in [0.2, 0.25) is 0 Å². The van der Waals surface area contributed by atoms with E-state index < -0.39 is 0 Å². The number of hydrogen-bond donors (Lipinski definition) is 1. The third-order valence-corrected chi connectivity index (χ3v) is 4.62. The second-order valence-electron chi connectivity index (χ2n) is 6.66. The lowest BCUT2D eigenvalue weighted by molar-refractivity contribution is 0.00466. The Balaban J connectivity index is 1.79. The molecule has 1 saturated carbocycles. The third-order valence-electron chi connectivity index (χ3n) is 4.62. The summed E-state index contributed by atoms with van der Waals surface area (Å²) in [5.74, 6) is 1.40. The van der Waals surface area contributed by atoms with Gasteiger partial charge in [-0.25, -0.2) is 0 Å². The smallest absolute Gasteiger partial charge is 0.0720 e. The second kappa shape index (κ2) is 8.55. The molecule has 2 heteroatoms. The molecule has 118 valence electrons. The lowest BCUT2D eigenvalue weighted by atomic mass is 9.89. The SMILES string of the molecule is CCNCC(C)c1ccc(COC2CCCC(C)C2)cc1. The van der Waals surface area contributed by atoms with Crippen LogP contribution in [0.15, 0.2) is 24.3 Å². The van der Waals surface area contributed by atoms with Crippen LogP contribution in [0, 0.1) is 5.92 Å². The zero-order valence-electron chi connectivity index (χ0n) is 13.9. The number of benzene rings is 1. The van der Waals surface area contributed by atoms with Crippen LogP contribution < -0.4 is 5.32 Å². The van der Waals surface area contributed by atoms with Gasteiger partial charge in [0.15, 0.2) is 0 Å². The molecule has 3 atom stereocenters. The van der Waals surface area contributed by atoms with Gasteiger partial charge in [0.25, 0.3) is 0 Å². The normalized spacial score (nSPS) is 24.0. The molecule has 1 N–H and O–H groups in total. The Kier molecular flexibility index (Phi) is 6.72. The van der Waals surface area contributed by atoms with E-state index in [0.29, 0.717) is 12.0 Å². The van der Waals surface area contributed by atoms with Crippen molar-refractivity contribution < 1.29 is 4.74 Å². The Morgan fingerprint density at radius 3 is 2.67 bits per heavy atom. The molecule has 1 aliphatic rings. The number of ether oxygens (including phenoxy) is 1. The Morgan fingerprint density at radius 2 is 2.00 bits per heavy atom. The van der Waals surface area contributed by atoms with Crippen molar-refractivity contribution in [3.63, 3.8) is 0 Å². The molecule has 2 nitrogen and oxygen atoms in total. The molecule has 1 aromatic carbocycles. The van der Waals surface area contributed by atoms with E-state index in [9.17, 15) is 0 Å². The van der Waals surface area contributed by atoms with Crippen LogP contribution in [0.25, 0.3) is 0 Å². The van der Waals surface area contributed by atoms with Gasteiger partial charge in [-0.1, -0.05) is 57.9 Å². The molecule has 0 aromatic heterocycles. The molecule has 0 aliphatic heterocycles. The maximum absolute atomic E-state index is 6.09. The van der Waals surface area contributed by atoms with Gasteiger partial charge in [0, 0.05) is 6.54 Å². The van der Waals surface area contributed by atoms with Crippen molar-refractivity contribution in [3.8, 4) is 0 Å². The molecule has 0 spiro atoms.